The van der Waals surface area contributed by atoms with Crippen molar-refractivity contribution in [2.75, 3.05) is 13.1 Å². The standard InChI is InChI=1S/C31H40ClN5O4/c1-30(2,3)25(36-27(39)21-13-20(21)16-6-8-18(32)9-7-16)29(41)37-15-22-23(31(22,4)5)24(37)28(40)35-19(14-33)12-17-10-11-34-26(17)38/h6-9,17,19-25H,10-13,15H2,1-5H3,(H,34,38)(H,35,40)(H,36,39)/t17-,19-,20-,21+,22-,23-,24-,25+/m0/s1. The third-order valence-electron chi connectivity index (χ3n) is 9.74. The second-order valence-corrected chi connectivity index (χ2v) is 14.3. The van der Waals surface area contributed by atoms with Crippen molar-refractivity contribution in [3.8, 4) is 6.07 Å². The maximum Gasteiger partial charge on any atom is 0.246 e. The molecule has 3 N–H and O–H groups in total. The molecule has 8 atom stereocenters. The third kappa shape index (κ3) is 5.68. The Morgan fingerprint density at radius 1 is 1.17 bits per heavy atom. The van der Waals surface area contributed by atoms with Gasteiger partial charge in [-0.05, 0) is 65.5 Å². The lowest BCUT2D eigenvalue weighted by Crippen LogP contribution is -2.60. The fourth-order valence-electron chi connectivity index (χ4n) is 7.00. The molecule has 0 aromatic heterocycles. The lowest BCUT2D eigenvalue weighted by molar-refractivity contribution is -0.145. The van der Waals surface area contributed by atoms with E-state index in [4.69, 9.17) is 11.6 Å². The molecule has 2 saturated carbocycles. The number of rotatable bonds is 8. The smallest absolute Gasteiger partial charge is 0.246 e. The number of amides is 4. The first-order valence-corrected chi connectivity index (χ1v) is 15.0. The summed E-state index contributed by atoms with van der Waals surface area (Å²) in [5.74, 6) is -1.22. The molecule has 0 spiro atoms. The first kappa shape index (κ1) is 29.4. The lowest BCUT2D eigenvalue weighted by atomic mass is 9.85. The van der Waals surface area contributed by atoms with Crippen LogP contribution < -0.4 is 16.0 Å². The Kier molecular flexibility index (Phi) is 7.60. The molecule has 1 aromatic carbocycles. The number of carbonyl (C=O) groups excluding carboxylic acids is 4. The summed E-state index contributed by atoms with van der Waals surface area (Å²) in [7, 11) is 0. The van der Waals surface area contributed by atoms with E-state index >= 15 is 0 Å². The summed E-state index contributed by atoms with van der Waals surface area (Å²) in [4.78, 5) is 54.8. The van der Waals surface area contributed by atoms with E-state index in [0.29, 0.717) is 31.0 Å². The van der Waals surface area contributed by atoms with Crippen LogP contribution in [-0.4, -0.2) is 59.7 Å². The minimum Gasteiger partial charge on any atom is -0.356 e. The van der Waals surface area contributed by atoms with E-state index in [0.717, 1.165) is 5.56 Å². The van der Waals surface area contributed by atoms with Gasteiger partial charge in [-0.25, -0.2) is 0 Å². The normalized spacial score (nSPS) is 30.9. The quantitative estimate of drug-likeness (QED) is 0.434. The summed E-state index contributed by atoms with van der Waals surface area (Å²) in [5.41, 5.74) is 0.354. The van der Waals surface area contributed by atoms with Gasteiger partial charge in [0.15, 0.2) is 0 Å². The molecule has 2 saturated heterocycles. The van der Waals surface area contributed by atoms with Crippen LogP contribution in [0.1, 0.15) is 65.4 Å². The molecule has 220 valence electrons. The van der Waals surface area contributed by atoms with Gasteiger partial charge in [0.2, 0.25) is 23.6 Å². The number of halogens is 1. The lowest BCUT2D eigenvalue weighted by Gasteiger charge is -2.38. The topological polar surface area (TPSA) is 131 Å². The number of nitrogens with zero attached hydrogens (tertiary/aromatic N) is 2. The summed E-state index contributed by atoms with van der Waals surface area (Å²) in [6.07, 6.45) is 1.58. The molecular weight excluding hydrogens is 542 g/mol. The summed E-state index contributed by atoms with van der Waals surface area (Å²) in [6.45, 7) is 10.9. The van der Waals surface area contributed by atoms with Crippen molar-refractivity contribution >= 4 is 35.2 Å². The largest absolute Gasteiger partial charge is 0.356 e. The molecule has 4 fully saturated rings. The Bertz CT molecular complexity index is 1280. The molecule has 9 nitrogen and oxygen atoms in total. The Morgan fingerprint density at radius 2 is 1.85 bits per heavy atom. The molecular formula is C31H40ClN5O4. The third-order valence-corrected chi connectivity index (χ3v) is 9.99. The summed E-state index contributed by atoms with van der Waals surface area (Å²) < 4.78 is 0. The predicted molar refractivity (Wildman–Crippen MR) is 153 cm³/mol. The number of nitrogens with one attached hydrogen (secondary N) is 3. The predicted octanol–water partition coefficient (Wildman–Crippen LogP) is 2.99. The average molecular weight is 582 g/mol. The van der Waals surface area contributed by atoms with E-state index in [-0.39, 0.29) is 65.1 Å². The highest BCUT2D eigenvalue weighted by molar-refractivity contribution is 6.30. The van der Waals surface area contributed by atoms with E-state index in [2.05, 4.69) is 35.9 Å². The fraction of sp³-hybridized carbons (Fsp3) is 0.645. The number of benzene rings is 1. The molecule has 4 aliphatic rings. The highest BCUT2D eigenvalue weighted by Gasteiger charge is 2.70. The molecule has 2 aliphatic carbocycles. The van der Waals surface area contributed by atoms with Gasteiger partial charge >= 0.3 is 0 Å². The second kappa shape index (κ2) is 10.6. The average Bonchev–Trinajstić information content (AvgIpc) is 3.65. The summed E-state index contributed by atoms with van der Waals surface area (Å²) >= 11 is 6.01. The minimum absolute atomic E-state index is 0.0328. The van der Waals surface area contributed by atoms with Gasteiger partial charge in [0.25, 0.3) is 0 Å². The zero-order valence-corrected chi connectivity index (χ0v) is 25.1. The van der Waals surface area contributed by atoms with Gasteiger partial charge in [0.05, 0.1) is 6.07 Å². The van der Waals surface area contributed by atoms with Crippen molar-refractivity contribution < 1.29 is 19.2 Å². The molecule has 1 aromatic rings. The highest BCUT2D eigenvalue weighted by Crippen LogP contribution is 2.65. The minimum atomic E-state index is -0.827. The zero-order chi connectivity index (χ0) is 29.9. The molecule has 0 bridgehead atoms. The Labute approximate surface area is 246 Å². The summed E-state index contributed by atoms with van der Waals surface area (Å²) in [5, 5.41) is 19.0. The fourth-order valence-corrected chi connectivity index (χ4v) is 7.12. The SMILES string of the molecule is CC(C)(C)[C@H](NC(=O)[C@@H]1C[C@H]1c1ccc(Cl)cc1)C(=O)N1C[C@H]2[C@@H]([C@H]1C(=O)N[C@H](C#N)C[C@@H]1CCNC1=O)C2(C)C. The van der Waals surface area contributed by atoms with Crippen LogP contribution in [0.3, 0.4) is 0 Å². The van der Waals surface area contributed by atoms with E-state index in [1.165, 1.54) is 0 Å². The zero-order valence-electron chi connectivity index (χ0n) is 24.4. The van der Waals surface area contributed by atoms with Crippen molar-refractivity contribution in [2.24, 2.45) is 34.5 Å². The first-order chi connectivity index (χ1) is 19.2. The number of hydrogen-bond acceptors (Lipinski definition) is 5. The van der Waals surface area contributed by atoms with E-state index in [1.807, 2.05) is 45.0 Å². The van der Waals surface area contributed by atoms with E-state index < -0.39 is 23.5 Å². The molecule has 0 unspecified atom stereocenters. The van der Waals surface area contributed by atoms with E-state index in [9.17, 15) is 24.4 Å². The number of carbonyl (C=O) groups is 4. The van der Waals surface area contributed by atoms with Crippen molar-refractivity contribution in [3.63, 3.8) is 0 Å². The van der Waals surface area contributed by atoms with Gasteiger partial charge in [-0.1, -0.05) is 58.4 Å². The molecule has 2 heterocycles. The Hall–Kier alpha value is -3.12. The molecule has 41 heavy (non-hydrogen) atoms. The number of likely N-dealkylation sites (tertiary alicyclic amines) is 1. The maximum atomic E-state index is 14.1. The molecule has 10 heteroatoms. The van der Waals surface area contributed by atoms with Crippen molar-refractivity contribution in [3.05, 3.63) is 34.9 Å². The van der Waals surface area contributed by atoms with Crippen LogP contribution in [0.15, 0.2) is 24.3 Å². The van der Waals surface area contributed by atoms with Crippen LogP contribution >= 0.6 is 11.6 Å². The van der Waals surface area contributed by atoms with Gasteiger partial charge in [0.1, 0.15) is 18.1 Å². The maximum absolute atomic E-state index is 14.1. The number of hydrogen-bond donors (Lipinski definition) is 3. The van der Waals surface area contributed by atoms with Crippen molar-refractivity contribution in [1.82, 2.24) is 20.9 Å². The number of fused-ring (bicyclic) bond motifs is 1. The molecule has 4 amide bonds. The summed E-state index contributed by atoms with van der Waals surface area (Å²) in [6, 6.07) is 7.25. The van der Waals surface area contributed by atoms with Crippen LogP contribution in [0.4, 0.5) is 0 Å². The highest BCUT2D eigenvalue weighted by atomic mass is 35.5. The van der Waals surface area contributed by atoms with Crippen LogP contribution in [-0.2, 0) is 19.2 Å². The van der Waals surface area contributed by atoms with Crippen molar-refractivity contribution in [2.45, 2.75) is 77.9 Å². The molecule has 5 rings (SSSR count). The number of nitriles is 1. The first-order valence-electron chi connectivity index (χ1n) is 14.6. The molecule has 0 radical (unpaired) electrons. The van der Waals surface area contributed by atoms with Gasteiger partial charge in [-0.2, -0.15) is 5.26 Å². The van der Waals surface area contributed by atoms with Crippen LogP contribution in [0.25, 0.3) is 0 Å². The van der Waals surface area contributed by atoms with Gasteiger partial charge in [-0.3, -0.25) is 19.2 Å². The van der Waals surface area contributed by atoms with Gasteiger partial charge in [-0.15, -0.1) is 0 Å². The van der Waals surface area contributed by atoms with E-state index in [1.54, 1.807) is 4.90 Å². The Morgan fingerprint density at radius 3 is 2.44 bits per heavy atom. The molecule has 2 aliphatic heterocycles. The van der Waals surface area contributed by atoms with Crippen LogP contribution in [0.5, 0.6) is 0 Å². The van der Waals surface area contributed by atoms with Crippen LogP contribution in [0.2, 0.25) is 5.02 Å². The number of piperidine rings is 1. The van der Waals surface area contributed by atoms with Gasteiger partial charge < -0.3 is 20.9 Å². The Balaban J connectivity index is 1.29. The monoisotopic (exact) mass is 581 g/mol. The van der Waals surface area contributed by atoms with Gasteiger partial charge in [0, 0.05) is 29.9 Å². The van der Waals surface area contributed by atoms with Crippen molar-refractivity contribution in [1.29, 1.82) is 5.26 Å². The second-order valence-electron chi connectivity index (χ2n) is 13.9. The van der Waals surface area contributed by atoms with Crippen LogP contribution in [0, 0.1) is 45.8 Å².